The van der Waals surface area contributed by atoms with Gasteiger partial charge >= 0.3 is 17.9 Å². The predicted molar refractivity (Wildman–Crippen MR) is 326 cm³/mol. The third kappa shape index (κ3) is 62.6. The lowest BCUT2D eigenvalue weighted by molar-refractivity contribution is -0.167. The van der Waals surface area contributed by atoms with E-state index in [0.29, 0.717) is 19.3 Å². The average Bonchev–Trinajstić information content (AvgIpc) is 3.41. The zero-order valence-corrected chi connectivity index (χ0v) is 50.8. The van der Waals surface area contributed by atoms with Gasteiger partial charge in [-0.2, -0.15) is 0 Å². The minimum absolute atomic E-state index is 0.0693. The maximum absolute atomic E-state index is 12.9. The van der Waals surface area contributed by atoms with Gasteiger partial charge in [-0.3, -0.25) is 14.4 Å². The van der Waals surface area contributed by atoms with Crippen molar-refractivity contribution in [3.63, 3.8) is 0 Å². The molecule has 0 spiro atoms. The van der Waals surface area contributed by atoms with Crippen LogP contribution in [0.25, 0.3) is 0 Å². The number of carbonyl (C=O) groups is 3. The van der Waals surface area contributed by atoms with Gasteiger partial charge in [0.15, 0.2) is 6.10 Å². The minimum atomic E-state index is -0.773. The van der Waals surface area contributed by atoms with Crippen molar-refractivity contribution in [2.24, 2.45) is 0 Å². The van der Waals surface area contributed by atoms with Gasteiger partial charge in [0.05, 0.1) is 0 Å². The topological polar surface area (TPSA) is 78.9 Å². The standard InChI is InChI=1S/C69H130O6/c1-4-7-10-13-16-19-22-25-28-30-32-34-35-37-38-41-44-47-50-53-56-59-62-68(71)74-65-66(64-73-67(70)61-58-55-52-49-46-43-40-27-24-21-18-15-12-9-6-3)75-69(72)63-60-57-54-51-48-45-42-39-36-33-31-29-26-23-20-17-14-11-8-5-2/h18,21,27,40,66H,4-17,19-20,22-26,28-39,41-65H2,1-3H3/b21-18-,40-27-. The Morgan fingerprint density at radius 2 is 0.480 bits per heavy atom. The van der Waals surface area contributed by atoms with E-state index in [9.17, 15) is 14.4 Å². The Kier molecular flexibility index (Phi) is 62.6. The van der Waals surface area contributed by atoms with Crippen LogP contribution in [0.2, 0.25) is 0 Å². The molecule has 0 aromatic heterocycles. The van der Waals surface area contributed by atoms with Crippen molar-refractivity contribution < 1.29 is 28.6 Å². The summed E-state index contributed by atoms with van der Waals surface area (Å²) in [4.78, 5) is 38.4. The van der Waals surface area contributed by atoms with Gasteiger partial charge in [-0.15, -0.1) is 0 Å². The number of carbonyl (C=O) groups excluding carboxylic acids is 3. The molecule has 0 aliphatic carbocycles. The molecule has 1 unspecified atom stereocenters. The van der Waals surface area contributed by atoms with E-state index in [1.165, 1.54) is 263 Å². The highest BCUT2D eigenvalue weighted by molar-refractivity contribution is 5.71. The molecule has 0 N–H and O–H groups in total. The highest BCUT2D eigenvalue weighted by Gasteiger charge is 2.19. The second kappa shape index (κ2) is 64.4. The molecule has 6 heteroatoms. The first-order chi connectivity index (χ1) is 37.0. The number of hydrogen-bond acceptors (Lipinski definition) is 6. The van der Waals surface area contributed by atoms with Crippen LogP contribution in [-0.2, 0) is 28.6 Å². The Hall–Kier alpha value is -2.11. The summed E-state index contributed by atoms with van der Waals surface area (Å²) in [6, 6.07) is 0. The maximum atomic E-state index is 12.9. The fraction of sp³-hybridized carbons (Fsp3) is 0.899. The fourth-order valence-electron chi connectivity index (χ4n) is 10.4. The van der Waals surface area contributed by atoms with E-state index in [1.54, 1.807) is 0 Å². The summed E-state index contributed by atoms with van der Waals surface area (Å²) < 4.78 is 17.0. The Morgan fingerprint density at radius 1 is 0.267 bits per heavy atom. The molecule has 0 aromatic carbocycles. The number of allylic oxidation sites excluding steroid dienone is 4. The largest absolute Gasteiger partial charge is 0.462 e. The highest BCUT2D eigenvalue weighted by Crippen LogP contribution is 2.19. The van der Waals surface area contributed by atoms with E-state index in [4.69, 9.17) is 14.2 Å². The van der Waals surface area contributed by atoms with Gasteiger partial charge in [-0.1, -0.05) is 334 Å². The number of ether oxygens (including phenoxy) is 3. The predicted octanol–water partition coefficient (Wildman–Crippen LogP) is 23.0. The molecule has 0 saturated heterocycles. The minimum Gasteiger partial charge on any atom is -0.462 e. The van der Waals surface area contributed by atoms with Crippen LogP contribution in [0.1, 0.15) is 380 Å². The first kappa shape index (κ1) is 72.9. The monoisotopic (exact) mass is 1050 g/mol. The first-order valence-electron chi connectivity index (χ1n) is 33.8. The van der Waals surface area contributed by atoms with Crippen LogP contribution in [0.4, 0.5) is 0 Å². The van der Waals surface area contributed by atoms with E-state index in [-0.39, 0.29) is 31.1 Å². The molecule has 1 atom stereocenters. The van der Waals surface area contributed by atoms with Crippen LogP contribution < -0.4 is 0 Å². The molecule has 0 amide bonds. The Labute approximate surface area is 468 Å². The van der Waals surface area contributed by atoms with E-state index < -0.39 is 6.10 Å². The lowest BCUT2D eigenvalue weighted by atomic mass is 10.0. The van der Waals surface area contributed by atoms with E-state index in [0.717, 1.165) is 77.0 Å². The molecular formula is C69H130O6. The molecule has 6 nitrogen and oxygen atoms in total. The second-order valence-corrected chi connectivity index (χ2v) is 23.1. The summed E-state index contributed by atoms with van der Waals surface area (Å²) in [5.74, 6) is -0.852. The summed E-state index contributed by atoms with van der Waals surface area (Å²) in [5.41, 5.74) is 0. The summed E-state index contributed by atoms with van der Waals surface area (Å²) in [5, 5.41) is 0. The molecule has 0 rings (SSSR count). The molecule has 0 aliphatic rings. The molecule has 0 saturated carbocycles. The lowest BCUT2D eigenvalue weighted by Crippen LogP contribution is -2.30. The van der Waals surface area contributed by atoms with Crippen LogP contribution in [0, 0.1) is 0 Å². The van der Waals surface area contributed by atoms with Crippen molar-refractivity contribution in [1.29, 1.82) is 0 Å². The Bertz CT molecular complexity index is 1210. The van der Waals surface area contributed by atoms with Crippen molar-refractivity contribution in [3.8, 4) is 0 Å². The summed E-state index contributed by atoms with van der Waals surface area (Å²) in [6.45, 7) is 6.68. The van der Waals surface area contributed by atoms with Gasteiger partial charge in [-0.25, -0.2) is 0 Å². The lowest BCUT2D eigenvalue weighted by Gasteiger charge is -2.18. The van der Waals surface area contributed by atoms with Crippen molar-refractivity contribution in [1.82, 2.24) is 0 Å². The molecule has 75 heavy (non-hydrogen) atoms. The van der Waals surface area contributed by atoms with Crippen molar-refractivity contribution in [2.45, 2.75) is 386 Å². The molecular weight excluding hydrogens is 925 g/mol. The molecule has 0 bridgehead atoms. The smallest absolute Gasteiger partial charge is 0.306 e. The van der Waals surface area contributed by atoms with Crippen LogP contribution in [0.15, 0.2) is 24.3 Å². The maximum Gasteiger partial charge on any atom is 0.306 e. The van der Waals surface area contributed by atoms with Gasteiger partial charge < -0.3 is 14.2 Å². The Morgan fingerprint density at radius 3 is 0.760 bits per heavy atom. The normalized spacial score (nSPS) is 12.1. The average molecular weight is 1060 g/mol. The third-order valence-corrected chi connectivity index (χ3v) is 15.5. The number of unbranched alkanes of at least 4 members (excludes halogenated alkanes) is 48. The zero-order valence-electron chi connectivity index (χ0n) is 50.8. The molecule has 0 radical (unpaired) electrons. The van der Waals surface area contributed by atoms with Crippen LogP contribution >= 0.6 is 0 Å². The molecule has 0 heterocycles. The van der Waals surface area contributed by atoms with E-state index >= 15 is 0 Å². The van der Waals surface area contributed by atoms with Gasteiger partial charge in [0.1, 0.15) is 13.2 Å². The van der Waals surface area contributed by atoms with Crippen LogP contribution in [0.5, 0.6) is 0 Å². The van der Waals surface area contributed by atoms with Crippen molar-refractivity contribution in [3.05, 3.63) is 24.3 Å². The Balaban J connectivity index is 4.28. The van der Waals surface area contributed by atoms with Gasteiger partial charge in [0.25, 0.3) is 0 Å². The zero-order chi connectivity index (χ0) is 54.3. The SMILES string of the molecule is CCCCC/C=C\C/C=C\CCCCCCCC(=O)OCC(COC(=O)CCCCCCCCCCCCCCCCCCCCCCCC)OC(=O)CCCCCCCCCCCCCCCCCCCCCC. The molecule has 0 fully saturated rings. The van der Waals surface area contributed by atoms with Crippen LogP contribution in [-0.4, -0.2) is 37.2 Å². The van der Waals surface area contributed by atoms with Gasteiger partial charge in [0, 0.05) is 19.3 Å². The number of hydrogen-bond donors (Lipinski definition) is 0. The summed E-state index contributed by atoms with van der Waals surface area (Å²) >= 11 is 0. The van der Waals surface area contributed by atoms with Crippen molar-refractivity contribution >= 4 is 17.9 Å². The summed E-state index contributed by atoms with van der Waals surface area (Å²) in [7, 11) is 0. The summed E-state index contributed by atoms with van der Waals surface area (Å²) in [6.07, 6.45) is 77.7. The fourth-order valence-corrected chi connectivity index (χ4v) is 10.4. The van der Waals surface area contributed by atoms with Gasteiger partial charge in [0.2, 0.25) is 0 Å². The van der Waals surface area contributed by atoms with E-state index in [1.807, 2.05) is 0 Å². The van der Waals surface area contributed by atoms with Crippen molar-refractivity contribution in [2.75, 3.05) is 13.2 Å². The highest BCUT2D eigenvalue weighted by atomic mass is 16.6. The molecule has 0 aliphatic heterocycles. The van der Waals surface area contributed by atoms with Gasteiger partial charge in [-0.05, 0) is 51.4 Å². The number of rotatable bonds is 63. The third-order valence-electron chi connectivity index (χ3n) is 15.5. The van der Waals surface area contributed by atoms with Crippen LogP contribution in [0.3, 0.4) is 0 Å². The quantitative estimate of drug-likeness (QED) is 0.0261. The number of esters is 3. The van der Waals surface area contributed by atoms with E-state index in [2.05, 4.69) is 45.1 Å². The molecule has 442 valence electrons. The molecule has 0 aromatic rings. The first-order valence-corrected chi connectivity index (χ1v) is 33.8. The second-order valence-electron chi connectivity index (χ2n) is 23.1.